The lowest BCUT2D eigenvalue weighted by atomic mass is 9.50. The first kappa shape index (κ1) is 30.4. The number of aliphatic hydroxyl groups is 1. The van der Waals surface area contributed by atoms with Crippen LogP contribution in [0.2, 0.25) is 0 Å². The molecule has 10 heteroatoms. The van der Waals surface area contributed by atoms with Crippen LogP contribution >= 0.6 is 0 Å². The standard InChI is InChI=1S/C33H39F5N2O3/c1-30-19-26(20-4-6-21(7-5-20)29(42)39-14-17-40-15-2-3-16-40)28-24-11-9-23(41)18-22(24)8-10-25(28)27(30)12-13-31(30,43)32(34,35)33(36,37)38/h4-7,18,25-27,43H,2-3,8-17,19H2,1H3,(H,39,42)/t25-,26+,27-,30-,31-/m0/s1. The molecule has 0 bridgehead atoms. The van der Waals surface area contributed by atoms with E-state index in [2.05, 4.69) is 10.2 Å². The molecule has 5 nitrogen and oxygen atoms in total. The van der Waals surface area contributed by atoms with E-state index in [-0.39, 0.29) is 30.4 Å². The number of hydrogen-bond acceptors (Lipinski definition) is 4. The van der Waals surface area contributed by atoms with Crippen LogP contribution < -0.4 is 5.32 Å². The summed E-state index contributed by atoms with van der Waals surface area (Å²) in [5, 5.41) is 14.3. The third-order valence-corrected chi connectivity index (χ3v) is 11.2. The molecular formula is C33H39F5N2O3. The maximum absolute atomic E-state index is 15.2. The third-order valence-electron chi connectivity index (χ3n) is 11.2. The molecule has 1 amide bonds. The lowest BCUT2D eigenvalue weighted by molar-refractivity contribution is -0.362. The van der Waals surface area contributed by atoms with Gasteiger partial charge in [0.05, 0.1) is 0 Å². The maximum Gasteiger partial charge on any atom is 0.456 e. The number of nitrogens with one attached hydrogen (secondary N) is 1. The predicted molar refractivity (Wildman–Crippen MR) is 151 cm³/mol. The first-order valence-electron chi connectivity index (χ1n) is 15.5. The molecular weight excluding hydrogens is 567 g/mol. The largest absolute Gasteiger partial charge is 0.456 e. The van der Waals surface area contributed by atoms with Gasteiger partial charge in [-0.15, -0.1) is 0 Å². The van der Waals surface area contributed by atoms with Crippen molar-refractivity contribution in [3.8, 4) is 0 Å². The number of rotatable bonds is 6. The zero-order valence-electron chi connectivity index (χ0n) is 24.4. The van der Waals surface area contributed by atoms with E-state index in [1.54, 1.807) is 30.3 Å². The van der Waals surface area contributed by atoms with Gasteiger partial charge >= 0.3 is 12.1 Å². The van der Waals surface area contributed by atoms with Crippen LogP contribution in [0.5, 0.6) is 0 Å². The van der Waals surface area contributed by atoms with Crippen LogP contribution in [0.4, 0.5) is 22.0 Å². The highest BCUT2D eigenvalue weighted by molar-refractivity contribution is 5.94. The number of alkyl halides is 5. The van der Waals surface area contributed by atoms with Gasteiger partial charge in [-0.3, -0.25) is 9.59 Å². The Labute approximate surface area is 248 Å². The molecule has 1 aliphatic heterocycles. The molecule has 234 valence electrons. The van der Waals surface area contributed by atoms with E-state index < -0.39 is 41.4 Å². The number of carbonyl (C=O) groups excluding carboxylic acids is 2. The molecule has 1 aromatic carbocycles. The van der Waals surface area contributed by atoms with Gasteiger partial charge in [-0.25, -0.2) is 0 Å². The van der Waals surface area contributed by atoms with Crippen molar-refractivity contribution in [2.24, 2.45) is 17.3 Å². The van der Waals surface area contributed by atoms with Gasteiger partial charge in [-0.1, -0.05) is 24.6 Å². The Morgan fingerprint density at radius 1 is 1.05 bits per heavy atom. The average molecular weight is 607 g/mol. The Balaban J connectivity index is 1.35. The zero-order valence-corrected chi connectivity index (χ0v) is 24.4. The van der Waals surface area contributed by atoms with Gasteiger partial charge in [0.1, 0.15) is 5.60 Å². The Bertz CT molecular complexity index is 1350. The molecule has 0 spiro atoms. The normalized spacial score (nSPS) is 33.1. The van der Waals surface area contributed by atoms with Crippen molar-refractivity contribution >= 4 is 11.7 Å². The number of likely N-dealkylation sites (tertiary alicyclic amines) is 1. The molecule has 2 saturated carbocycles. The first-order chi connectivity index (χ1) is 20.3. The molecule has 0 aromatic heterocycles. The fraction of sp³-hybridized carbons (Fsp3) is 0.636. The molecule has 1 aromatic rings. The number of allylic oxidation sites excluding steroid dienone is 4. The number of hydrogen-bond donors (Lipinski definition) is 2. The minimum atomic E-state index is -5.89. The summed E-state index contributed by atoms with van der Waals surface area (Å²) < 4.78 is 71.6. The van der Waals surface area contributed by atoms with Gasteiger partial charge in [-0.2, -0.15) is 22.0 Å². The summed E-state index contributed by atoms with van der Waals surface area (Å²) >= 11 is 0. The number of ketones is 1. The molecule has 1 heterocycles. The van der Waals surface area contributed by atoms with Gasteiger partial charge in [0.15, 0.2) is 5.78 Å². The van der Waals surface area contributed by atoms with E-state index in [4.69, 9.17) is 0 Å². The summed E-state index contributed by atoms with van der Waals surface area (Å²) in [7, 11) is 0. The molecule has 5 atom stereocenters. The number of carbonyl (C=O) groups is 2. The SMILES string of the molecule is C[C@]12C[C@H](c3ccc(C(=O)NCCN4CCCC4)cc3)C3=C4CCC(=O)C=C4CC[C@H]3[C@@H]1CC[C@@]2(O)C(F)(F)C(F)(F)F. The van der Waals surface area contributed by atoms with Crippen molar-refractivity contribution in [3.63, 3.8) is 0 Å². The highest BCUT2D eigenvalue weighted by atomic mass is 19.4. The molecule has 4 aliphatic carbocycles. The summed E-state index contributed by atoms with van der Waals surface area (Å²) in [5.41, 5.74) is -0.844. The second-order valence-corrected chi connectivity index (χ2v) is 13.4. The number of fused-ring (bicyclic) bond motifs is 4. The minimum Gasteiger partial charge on any atom is -0.383 e. The van der Waals surface area contributed by atoms with E-state index in [0.29, 0.717) is 43.4 Å². The van der Waals surface area contributed by atoms with Crippen molar-refractivity contribution in [2.75, 3.05) is 26.2 Å². The van der Waals surface area contributed by atoms with Crippen molar-refractivity contribution in [3.05, 3.63) is 58.2 Å². The van der Waals surface area contributed by atoms with Crippen molar-refractivity contribution in [2.45, 2.75) is 88.3 Å². The van der Waals surface area contributed by atoms with Crippen LogP contribution in [0.15, 0.2) is 47.1 Å². The zero-order chi connectivity index (χ0) is 30.8. The van der Waals surface area contributed by atoms with Gasteiger partial charge in [0.2, 0.25) is 0 Å². The fourth-order valence-corrected chi connectivity index (χ4v) is 9.02. The predicted octanol–water partition coefficient (Wildman–Crippen LogP) is 6.34. The van der Waals surface area contributed by atoms with Gasteiger partial charge in [-0.05, 0) is 111 Å². The Hall–Kier alpha value is -2.59. The topological polar surface area (TPSA) is 69.6 Å². The summed E-state index contributed by atoms with van der Waals surface area (Å²) in [4.78, 5) is 27.4. The van der Waals surface area contributed by atoms with E-state index in [1.165, 1.54) is 6.92 Å². The highest BCUT2D eigenvalue weighted by Gasteiger charge is 2.79. The first-order valence-corrected chi connectivity index (χ1v) is 15.5. The van der Waals surface area contributed by atoms with Crippen molar-refractivity contribution in [1.29, 1.82) is 0 Å². The van der Waals surface area contributed by atoms with E-state index in [0.717, 1.165) is 49.2 Å². The lowest BCUT2D eigenvalue weighted by Gasteiger charge is -2.56. The molecule has 1 saturated heterocycles. The third kappa shape index (κ3) is 4.87. The lowest BCUT2D eigenvalue weighted by Crippen LogP contribution is -2.65. The van der Waals surface area contributed by atoms with E-state index in [9.17, 15) is 27.9 Å². The van der Waals surface area contributed by atoms with Crippen molar-refractivity contribution in [1.82, 2.24) is 10.2 Å². The molecule has 43 heavy (non-hydrogen) atoms. The number of amides is 1. The van der Waals surface area contributed by atoms with Gasteiger partial charge in [0, 0.05) is 36.4 Å². The number of halogens is 5. The van der Waals surface area contributed by atoms with Crippen LogP contribution in [0.25, 0.3) is 0 Å². The molecule has 2 N–H and O–H groups in total. The number of benzene rings is 1. The smallest absolute Gasteiger partial charge is 0.383 e. The molecule has 5 aliphatic rings. The van der Waals surface area contributed by atoms with E-state index >= 15 is 8.78 Å². The molecule has 0 unspecified atom stereocenters. The Morgan fingerprint density at radius 3 is 2.42 bits per heavy atom. The molecule has 6 rings (SSSR count). The average Bonchev–Trinajstić information content (AvgIpc) is 3.58. The highest BCUT2D eigenvalue weighted by Crippen LogP contribution is 2.70. The number of nitrogens with zero attached hydrogens (tertiary/aromatic N) is 1. The maximum atomic E-state index is 15.2. The minimum absolute atomic E-state index is 0.0372. The Morgan fingerprint density at radius 2 is 1.74 bits per heavy atom. The quantitative estimate of drug-likeness (QED) is 0.371. The second-order valence-electron chi connectivity index (χ2n) is 13.4. The van der Waals surface area contributed by atoms with E-state index in [1.807, 2.05) is 0 Å². The van der Waals surface area contributed by atoms with Gasteiger partial charge < -0.3 is 15.3 Å². The monoisotopic (exact) mass is 606 g/mol. The molecule has 0 radical (unpaired) electrons. The summed E-state index contributed by atoms with van der Waals surface area (Å²) in [6.45, 7) is 4.75. The second kappa shape index (κ2) is 10.8. The van der Waals surface area contributed by atoms with Crippen LogP contribution in [0, 0.1) is 17.3 Å². The van der Waals surface area contributed by atoms with Crippen LogP contribution in [-0.2, 0) is 4.79 Å². The molecule has 3 fully saturated rings. The fourth-order valence-electron chi connectivity index (χ4n) is 9.02. The Kier molecular flexibility index (Phi) is 7.64. The van der Waals surface area contributed by atoms with Crippen LogP contribution in [0.1, 0.15) is 86.6 Å². The summed E-state index contributed by atoms with van der Waals surface area (Å²) in [5.74, 6) is -6.83. The van der Waals surface area contributed by atoms with Crippen LogP contribution in [0.3, 0.4) is 0 Å². The van der Waals surface area contributed by atoms with Crippen LogP contribution in [-0.4, -0.2) is 65.6 Å². The summed E-state index contributed by atoms with van der Waals surface area (Å²) in [6, 6.07) is 6.86. The van der Waals surface area contributed by atoms with Crippen molar-refractivity contribution < 1.29 is 36.6 Å². The van der Waals surface area contributed by atoms with Gasteiger partial charge in [0.25, 0.3) is 5.91 Å². The summed E-state index contributed by atoms with van der Waals surface area (Å²) in [6.07, 6.45) is -0.632.